The van der Waals surface area contributed by atoms with Crippen molar-refractivity contribution in [2.45, 2.75) is 31.5 Å². The van der Waals surface area contributed by atoms with Gasteiger partial charge in [-0.2, -0.15) is 0 Å². The third-order valence-corrected chi connectivity index (χ3v) is 4.26. The fraction of sp³-hybridized carbons (Fsp3) is 0.273. The highest BCUT2D eigenvalue weighted by molar-refractivity contribution is 6.36. The summed E-state index contributed by atoms with van der Waals surface area (Å²) in [7, 11) is 1.21. The van der Waals surface area contributed by atoms with Gasteiger partial charge in [0.05, 0.1) is 13.2 Å². The van der Waals surface area contributed by atoms with Crippen LogP contribution < -0.4 is 11.1 Å². The molecule has 8 heteroatoms. The molecule has 0 spiro atoms. The van der Waals surface area contributed by atoms with Crippen LogP contribution in [0.15, 0.2) is 60.7 Å². The average Bonchev–Trinajstić information content (AvgIpc) is 2.77. The standard InChI is InChI=1S/C22H24N2O6/c1-29-21(27)18(12-15-8-4-2-5-9-15)24-19(25)13-17(23)20(26)22(28)30-14-16-10-6-3-7-11-16/h2-11,17-18H,12-14,23H2,1H3,(H,24,25)/t17-,18-/m0/s1. The highest BCUT2D eigenvalue weighted by Crippen LogP contribution is 2.06. The molecule has 0 fully saturated rings. The molecule has 0 unspecified atom stereocenters. The van der Waals surface area contributed by atoms with E-state index in [0.29, 0.717) is 5.56 Å². The number of ether oxygens (including phenoxy) is 2. The Kier molecular flexibility index (Phi) is 8.71. The average molecular weight is 412 g/mol. The first-order chi connectivity index (χ1) is 14.4. The van der Waals surface area contributed by atoms with Gasteiger partial charge in [-0.05, 0) is 11.1 Å². The molecule has 0 aromatic heterocycles. The summed E-state index contributed by atoms with van der Waals surface area (Å²) in [5, 5.41) is 2.50. The lowest BCUT2D eigenvalue weighted by Crippen LogP contribution is -2.47. The van der Waals surface area contributed by atoms with E-state index in [1.807, 2.05) is 12.1 Å². The topological polar surface area (TPSA) is 125 Å². The maximum absolute atomic E-state index is 12.3. The molecular weight excluding hydrogens is 388 g/mol. The van der Waals surface area contributed by atoms with Crippen LogP contribution in [0.4, 0.5) is 0 Å². The number of benzene rings is 2. The molecule has 1 amide bonds. The Bertz CT molecular complexity index is 870. The van der Waals surface area contributed by atoms with Gasteiger partial charge in [-0.1, -0.05) is 60.7 Å². The van der Waals surface area contributed by atoms with Gasteiger partial charge in [-0.25, -0.2) is 9.59 Å². The first kappa shape index (κ1) is 22.8. The van der Waals surface area contributed by atoms with E-state index in [1.165, 1.54) is 7.11 Å². The van der Waals surface area contributed by atoms with E-state index in [0.717, 1.165) is 5.56 Å². The second-order valence-electron chi connectivity index (χ2n) is 6.57. The second kappa shape index (κ2) is 11.5. The van der Waals surface area contributed by atoms with Crippen molar-refractivity contribution < 1.29 is 28.7 Å². The molecule has 0 aliphatic rings. The molecule has 2 atom stereocenters. The summed E-state index contributed by atoms with van der Waals surface area (Å²) in [6.45, 7) is -0.0776. The van der Waals surface area contributed by atoms with Crippen LogP contribution in [0.2, 0.25) is 0 Å². The first-order valence-electron chi connectivity index (χ1n) is 9.32. The Morgan fingerprint density at radius 1 is 0.933 bits per heavy atom. The minimum Gasteiger partial charge on any atom is -0.467 e. The zero-order valence-electron chi connectivity index (χ0n) is 16.6. The van der Waals surface area contributed by atoms with Crippen molar-refractivity contribution in [2.24, 2.45) is 5.73 Å². The van der Waals surface area contributed by atoms with Gasteiger partial charge < -0.3 is 20.5 Å². The van der Waals surface area contributed by atoms with Gasteiger partial charge in [0.2, 0.25) is 5.91 Å². The summed E-state index contributed by atoms with van der Waals surface area (Å²) < 4.78 is 9.66. The summed E-state index contributed by atoms with van der Waals surface area (Å²) in [6.07, 6.45) is -0.261. The summed E-state index contributed by atoms with van der Waals surface area (Å²) in [4.78, 5) is 48.3. The zero-order valence-corrected chi connectivity index (χ0v) is 16.6. The molecule has 2 aromatic rings. The Balaban J connectivity index is 1.88. The first-order valence-corrected chi connectivity index (χ1v) is 9.32. The lowest BCUT2D eigenvalue weighted by molar-refractivity contribution is -0.155. The number of carbonyl (C=O) groups excluding carboxylic acids is 4. The van der Waals surface area contributed by atoms with Crippen LogP contribution in [0, 0.1) is 0 Å². The van der Waals surface area contributed by atoms with E-state index in [4.69, 9.17) is 15.2 Å². The number of nitrogens with one attached hydrogen (secondary N) is 1. The molecule has 0 heterocycles. The van der Waals surface area contributed by atoms with Gasteiger partial charge in [0.15, 0.2) is 0 Å². The molecule has 0 bridgehead atoms. The van der Waals surface area contributed by atoms with Crippen LogP contribution in [0.1, 0.15) is 17.5 Å². The van der Waals surface area contributed by atoms with Crippen molar-refractivity contribution in [1.82, 2.24) is 5.32 Å². The van der Waals surface area contributed by atoms with Gasteiger partial charge in [-0.15, -0.1) is 0 Å². The van der Waals surface area contributed by atoms with E-state index in [2.05, 4.69) is 5.32 Å². The lowest BCUT2D eigenvalue weighted by Gasteiger charge is -2.18. The molecule has 0 saturated heterocycles. The Hall–Kier alpha value is -3.52. The molecule has 0 aliphatic carbocycles. The maximum Gasteiger partial charge on any atom is 0.376 e. The van der Waals surface area contributed by atoms with Gasteiger partial charge >= 0.3 is 11.9 Å². The summed E-state index contributed by atoms with van der Waals surface area (Å²) in [6, 6.07) is 15.6. The second-order valence-corrected chi connectivity index (χ2v) is 6.57. The van der Waals surface area contributed by atoms with E-state index >= 15 is 0 Å². The van der Waals surface area contributed by atoms with E-state index in [1.54, 1.807) is 48.5 Å². The van der Waals surface area contributed by atoms with Crippen molar-refractivity contribution in [2.75, 3.05) is 7.11 Å². The number of esters is 2. The Labute approximate surface area is 174 Å². The molecule has 158 valence electrons. The molecular formula is C22H24N2O6. The normalized spacial score (nSPS) is 12.3. The number of hydrogen-bond acceptors (Lipinski definition) is 7. The van der Waals surface area contributed by atoms with Crippen LogP contribution in [-0.4, -0.2) is 42.8 Å². The number of Topliss-reactive ketones (excluding diaryl/α,β-unsaturated/α-hetero) is 1. The third-order valence-electron chi connectivity index (χ3n) is 4.26. The molecule has 30 heavy (non-hydrogen) atoms. The number of carbonyl (C=O) groups is 4. The van der Waals surface area contributed by atoms with Crippen molar-refractivity contribution >= 4 is 23.6 Å². The number of ketones is 1. The van der Waals surface area contributed by atoms with Gasteiger partial charge in [0.1, 0.15) is 12.6 Å². The summed E-state index contributed by atoms with van der Waals surface area (Å²) in [5.74, 6) is -3.42. The smallest absolute Gasteiger partial charge is 0.376 e. The zero-order chi connectivity index (χ0) is 21.9. The van der Waals surface area contributed by atoms with Crippen LogP contribution in [0.5, 0.6) is 0 Å². The third kappa shape index (κ3) is 7.14. The summed E-state index contributed by atoms with van der Waals surface area (Å²) in [5.41, 5.74) is 7.23. The number of rotatable bonds is 10. The molecule has 3 N–H and O–H groups in total. The number of amides is 1. The molecule has 0 radical (unpaired) electrons. The minimum atomic E-state index is -1.39. The van der Waals surface area contributed by atoms with Crippen LogP contribution in [0.3, 0.4) is 0 Å². The van der Waals surface area contributed by atoms with Gasteiger partial charge in [0, 0.05) is 12.8 Å². The molecule has 8 nitrogen and oxygen atoms in total. The highest BCUT2D eigenvalue weighted by Gasteiger charge is 2.28. The highest BCUT2D eigenvalue weighted by atomic mass is 16.5. The Morgan fingerprint density at radius 2 is 1.50 bits per heavy atom. The fourth-order valence-electron chi connectivity index (χ4n) is 2.68. The minimum absolute atomic E-state index is 0.0776. The molecule has 2 rings (SSSR count). The largest absolute Gasteiger partial charge is 0.467 e. The van der Waals surface area contributed by atoms with Crippen molar-refractivity contribution in [3.8, 4) is 0 Å². The SMILES string of the molecule is COC(=O)[C@H](Cc1ccccc1)NC(=O)C[C@H](N)C(=O)C(=O)OCc1ccccc1. The van der Waals surface area contributed by atoms with Crippen LogP contribution >= 0.6 is 0 Å². The quantitative estimate of drug-likeness (QED) is 0.439. The predicted molar refractivity (Wildman–Crippen MR) is 108 cm³/mol. The number of methoxy groups -OCH3 is 1. The number of nitrogens with two attached hydrogens (primary N) is 1. The molecule has 0 saturated carbocycles. The maximum atomic E-state index is 12.3. The Morgan fingerprint density at radius 3 is 2.07 bits per heavy atom. The van der Waals surface area contributed by atoms with E-state index < -0.39 is 42.1 Å². The van der Waals surface area contributed by atoms with Crippen molar-refractivity contribution in [3.63, 3.8) is 0 Å². The monoisotopic (exact) mass is 412 g/mol. The fourth-order valence-corrected chi connectivity index (χ4v) is 2.68. The van der Waals surface area contributed by atoms with Crippen LogP contribution in [0.25, 0.3) is 0 Å². The lowest BCUT2D eigenvalue weighted by atomic mass is 10.0. The predicted octanol–water partition coefficient (Wildman–Crippen LogP) is 0.917. The van der Waals surface area contributed by atoms with Gasteiger partial charge in [-0.3, -0.25) is 9.59 Å². The number of hydrogen-bond donors (Lipinski definition) is 2. The van der Waals surface area contributed by atoms with E-state index in [-0.39, 0.29) is 13.0 Å². The van der Waals surface area contributed by atoms with Crippen molar-refractivity contribution in [1.29, 1.82) is 0 Å². The molecule has 0 aliphatic heterocycles. The van der Waals surface area contributed by atoms with Crippen molar-refractivity contribution in [3.05, 3.63) is 71.8 Å². The molecule has 2 aromatic carbocycles. The summed E-state index contributed by atoms with van der Waals surface area (Å²) >= 11 is 0. The van der Waals surface area contributed by atoms with Crippen LogP contribution in [-0.2, 0) is 41.7 Å². The van der Waals surface area contributed by atoms with Gasteiger partial charge in [0.25, 0.3) is 5.78 Å². The van der Waals surface area contributed by atoms with E-state index in [9.17, 15) is 19.2 Å².